The van der Waals surface area contributed by atoms with E-state index in [0.717, 1.165) is 32.9 Å². The highest BCUT2D eigenvalue weighted by Crippen LogP contribution is 2.26. The fourth-order valence-electron chi connectivity index (χ4n) is 2.90. The molecule has 2 heterocycles. The summed E-state index contributed by atoms with van der Waals surface area (Å²) in [5.41, 5.74) is 3.23. The van der Waals surface area contributed by atoms with Gasteiger partial charge in [-0.15, -0.1) is 11.3 Å². The molecule has 0 saturated heterocycles. The van der Waals surface area contributed by atoms with Gasteiger partial charge in [0.25, 0.3) is 0 Å². The van der Waals surface area contributed by atoms with Crippen molar-refractivity contribution in [3.8, 4) is 11.3 Å². The molecule has 27 heavy (non-hydrogen) atoms. The maximum absolute atomic E-state index is 12.5. The van der Waals surface area contributed by atoms with Crippen LogP contribution >= 0.6 is 27.3 Å². The molecule has 7 heteroatoms. The number of benzene rings is 2. The lowest BCUT2D eigenvalue weighted by Crippen LogP contribution is -2.18. The van der Waals surface area contributed by atoms with Crippen molar-refractivity contribution >= 4 is 55.5 Å². The summed E-state index contributed by atoms with van der Waals surface area (Å²) in [7, 11) is 0. The lowest BCUT2D eigenvalue weighted by molar-refractivity contribution is -0.116. The topological polar surface area (TPSA) is 64.0 Å². The lowest BCUT2D eigenvalue weighted by atomic mass is 10.2. The summed E-state index contributed by atoms with van der Waals surface area (Å²) in [5, 5.41) is 6.13. The first-order valence-corrected chi connectivity index (χ1v) is 9.85. The van der Waals surface area contributed by atoms with Crippen LogP contribution in [0.1, 0.15) is 10.4 Å². The summed E-state index contributed by atoms with van der Waals surface area (Å²) >= 11 is 4.79. The Hall–Kier alpha value is -2.77. The number of halogens is 1. The number of fused-ring (bicyclic) bond motifs is 1. The van der Waals surface area contributed by atoms with Crippen molar-refractivity contribution in [2.75, 3.05) is 5.32 Å². The van der Waals surface area contributed by atoms with Gasteiger partial charge in [0.15, 0.2) is 11.4 Å². The second kappa shape index (κ2) is 7.46. The highest BCUT2D eigenvalue weighted by atomic mass is 79.9. The van der Waals surface area contributed by atoms with Crippen molar-refractivity contribution in [1.82, 2.24) is 9.55 Å². The van der Waals surface area contributed by atoms with Gasteiger partial charge >= 0.3 is 0 Å². The molecule has 1 N–H and O–H groups in total. The van der Waals surface area contributed by atoms with E-state index in [1.807, 2.05) is 53.9 Å². The van der Waals surface area contributed by atoms with E-state index in [1.165, 1.54) is 11.3 Å². The van der Waals surface area contributed by atoms with Gasteiger partial charge in [-0.25, -0.2) is 4.98 Å². The van der Waals surface area contributed by atoms with Crippen LogP contribution in [-0.4, -0.2) is 21.7 Å². The molecule has 4 aromatic rings. The van der Waals surface area contributed by atoms with E-state index < -0.39 is 0 Å². The minimum atomic E-state index is -0.190. The molecule has 0 aliphatic rings. The monoisotopic (exact) mass is 439 g/mol. The third-order valence-corrected chi connectivity index (χ3v) is 5.44. The average Bonchev–Trinajstić information content (AvgIpc) is 3.27. The number of nitrogens with one attached hydrogen (secondary N) is 1. The molecule has 0 spiro atoms. The van der Waals surface area contributed by atoms with E-state index in [1.54, 1.807) is 10.8 Å². The molecule has 0 radical (unpaired) electrons. The number of hydrogen-bond donors (Lipinski definition) is 1. The molecule has 2 aromatic carbocycles. The number of carbonyl (C=O) groups excluding carboxylic acids is 2. The van der Waals surface area contributed by atoms with Crippen LogP contribution in [0.5, 0.6) is 0 Å². The summed E-state index contributed by atoms with van der Waals surface area (Å²) in [6.07, 6.45) is 2.51. The Bertz CT molecular complexity index is 1130. The van der Waals surface area contributed by atoms with Crippen LogP contribution in [0.25, 0.3) is 22.2 Å². The maximum atomic E-state index is 12.5. The summed E-state index contributed by atoms with van der Waals surface area (Å²) in [5.74, 6) is -0.190. The Morgan fingerprint density at radius 3 is 2.74 bits per heavy atom. The Balaban J connectivity index is 1.51. The highest BCUT2D eigenvalue weighted by molar-refractivity contribution is 9.10. The van der Waals surface area contributed by atoms with Gasteiger partial charge in [-0.2, -0.15) is 0 Å². The second-order valence-electron chi connectivity index (χ2n) is 5.94. The van der Waals surface area contributed by atoms with Crippen LogP contribution in [0.15, 0.2) is 64.6 Å². The van der Waals surface area contributed by atoms with Gasteiger partial charge in [0.05, 0.1) is 5.69 Å². The SMILES string of the molecule is O=Cc1cn(CC(=O)Nc2nc(-c3ccc(Br)cc3)cs2)c2ccccc12. The first-order valence-electron chi connectivity index (χ1n) is 8.18. The van der Waals surface area contributed by atoms with Crippen LogP contribution in [0.4, 0.5) is 5.13 Å². The predicted molar refractivity (Wildman–Crippen MR) is 111 cm³/mol. The van der Waals surface area contributed by atoms with Crippen molar-refractivity contribution in [3.05, 3.63) is 70.1 Å². The Kier molecular flexibility index (Phi) is 4.87. The van der Waals surface area contributed by atoms with Gasteiger partial charge in [0.2, 0.25) is 5.91 Å². The van der Waals surface area contributed by atoms with E-state index >= 15 is 0 Å². The van der Waals surface area contributed by atoms with E-state index in [0.29, 0.717) is 10.7 Å². The molecule has 5 nitrogen and oxygen atoms in total. The molecular weight excluding hydrogens is 426 g/mol. The number of aromatic nitrogens is 2. The van der Waals surface area contributed by atoms with Gasteiger partial charge in [-0.1, -0.05) is 46.3 Å². The first kappa shape index (κ1) is 17.6. The molecule has 0 aliphatic heterocycles. The molecule has 0 unspecified atom stereocenters. The van der Waals surface area contributed by atoms with Crippen molar-refractivity contribution in [1.29, 1.82) is 0 Å². The number of carbonyl (C=O) groups is 2. The van der Waals surface area contributed by atoms with Gasteiger partial charge in [-0.3, -0.25) is 9.59 Å². The molecule has 134 valence electrons. The Labute approximate surface area is 167 Å². The third-order valence-electron chi connectivity index (χ3n) is 4.15. The first-order chi connectivity index (χ1) is 13.1. The zero-order chi connectivity index (χ0) is 18.8. The molecule has 0 atom stereocenters. The molecule has 0 saturated carbocycles. The third kappa shape index (κ3) is 3.70. The number of thiazole rings is 1. The maximum Gasteiger partial charge on any atom is 0.246 e. The minimum Gasteiger partial charge on any atom is -0.337 e. The quantitative estimate of drug-likeness (QED) is 0.446. The van der Waals surface area contributed by atoms with Crippen LogP contribution < -0.4 is 5.32 Å². The van der Waals surface area contributed by atoms with Crippen LogP contribution in [0, 0.1) is 0 Å². The van der Waals surface area contributed by atoms with E-state index in [2.05, 4.69) is 26.2 Å². The van der Waals surface area contributed by atoms with Crippen molar-refractivity contribution in [2.24, 2.45) is 0 Å². The van der Waals surface area contributed by atoms with Gasteiger partial charge < -0.3 is 9.88 Å². The molecule has 2 aromatic heterocycles. The number of nitrogens with zero attached hydrogens (tertiary/aromatic N) is 2. The van der Waals surface area contributed by atoms with Crippen LogP contribution in [0.3, 0.4) is 0 Å². The molecular formula is C20H14BrN3O2S. The Morgan fingerprint density at radius 1 is 1.19 bits per heavy atom. The number of hydrogen-bond acceptors (Lipinski definition) is 4. The molecule has 0 fully saturated rings. The molecule has 0 aliphatic carbocycles. The molecule has 1 amide bonds. The number of para-hydroxylation sites is 1. The standard InChI is InChI=1S/C20H14BrN3O2S/c21-15-7-5-13(6-8-15)17-12-27-20(22-17)23-19(26)10-24-9-14(11-25)16-3-1-2-4-18(16)24/h1-9,11-12H,10H2,(H,22,23,26). The molecule has 4 rings (SSSR count). The van der Waals surface area contributed by atoms with Gasteiger partial charge in [0, 0.05) is 38.1 Å². The van der Waals surface area contributed by atoms with Crippen LogP contribution in [-0.2, 0) is 11.3 Å². The van der Waals surface area contributed by atoms with E-state index in [4.69, 9.17) is 0 Å². The van der Waals surface area contributed by atoms with E-state index in [9.17, 15) is 9.59 Å². The fraction of sp³-hybridized carbons (Fsp3) is 0.0500. The predicted octanol–water partition coefficient (Wildman–Crippen LogP) is 4.98. The smallest absolute Gasteiger partial charge is 0.246 e. The van der Waals surface area contributed by atoms with Crippen molar-refractivity contribution < 1.29 is 9.59 Å². The van der Waals surface area contributed by atoms with Gasteiger partial charge in [0.1, 0.15) is 6.54 Å². The zero-order valence-corrected chi connectivity index (χ0v) is 16.5. The normalized spacial score (nSPS) is 10.9. The average molecular weight is 440 g/mol. The summed E-state index contributed by atoms with van der Waals surface area (Å²) in [6, 6.07) is 15.4. The zero-order valence-electron chi connectivity index (χ0n) is 14.1. The van der Waals surface area contributed by atoms with Crippen molar-refractivity contribution in [3.63, 3.8) is 0 Å². The lowest BCUT2D eigenvalue weighted by Gasteiger charge is -2.05. The Morgan fingerprint density at radius 2 is 1.96 bits per heavy atom. The highest BCUT2D eigenvalue weighted by Gasteiger charge is 2.12. The number of amides is 1. The van der Waals surface area contributed by atoms with Gasteiger partial charge in [-0.05, 0) is 18.2 Å². The number of aldehydes is 1. The fourth-order valence-corrected chi connectivity index (χ4v) is 3.90. The largest absolute Gasteiger partial charge is 0.337 e. The summed E-state index contributed by atoms with van der Waals surface area (Å²) in [6.45, 7) is 0.113. The second-order valence-corrected chi connectivity index (χ2v) is 7.71. The van der Waals surface area contributed by atoms with Crippen LogP contribution in [0.2, 0.25) is 0 Å². The number of anilines is 1. The van der Waals surface area contributed by atoms with E-state index in [-0.39, 0.29) is 12.5 Å². The van der Waals surface area contributed by atoms with Crippen molar-refractivity contribution in [2.45, 2.75) is 6.54 Å². The summed E-state index contributed by atoms with van der Waals surface area (Å²) < 4.78 is 2.78. The number of rotatable bonds is 5. The molecule has 0 bridgehead atoms. The summed E-state index contributed by atoms with van der Waals surface area (Å²) in [4.78, 5) is 28.2. The minimum absolute atomic E-state index is 0.113.